The van der Waals surface area contributed by atoms with Crippen molar-refractivity contribution >= 4 is 10.1 Å². The molecule has 0 aromatic carbocycles. The zero-order valence-electron chi connectivity index (χ0n) is 5.74. The van der Waals surface area contributed by atoms with E-state index in [-0.39, 0.29) is 0 Å². The summed E-state index contributed by atoms with van der Waals surface area (Å²) < 4.78 is 27.1. The van der Waals surface area contributed by atoms with Gasteiger partial charge >= 0.3 is 0 Å². The van der Waals surface area contributed by atoms with Gasteiger partial charge in [0.25, 0.3) is 10.1 Å². The van der Waals surface area contributed by atoms with Gasteiger partial charge in [0.2, 0.25) is 0 Å². The van der Waals surface area contributed by atoms with E-state index in [1.54, 1.807) is 12.0 Å². The molecule has 0 saturated heterocycles. The molecule has 0 bridgehead atoms. The van der Waals surface area contributed by atoms with E-state index in [1.165, 1.54) is 0 Å². The molecule has 58 valence electrons. The van der Waals surface area contributed by atoms with Gasteiger partial charge < -0.3 is 0 Å². The first-order valence-electron chi connectivity index (χ1n) is 2.43. The van der Waals surface area contributed by atoms with Gasteiger partial charge in [-0.2, -0.15) is 8.42 Å². The van der Waals surface area contributed by atoms with Crippen LogP contribution >= 0.6 is 0 Å². The van der Waals surface area contributed by atoms with Crippen LogP contribution in [0.1, 0.15) is 6.92 Å². The van der Waals surface area contributed by atoms with E-state index < -0.39 is 15.9 Å². The molecule has 0 aliphatic carbocycles. The summed E-state index contributed by atoms with van der Waals surface area (Å²) in [5.74, 6) is 1.17. The molecule has 0 heterocycles. The van der Waals surface area contributed by atoms with E-state index >= 15 is 0 Å². The van der Waals surface area contributed by atoms with Gasteiger partial charge in [-0.15, -0.1) is 13.0 Å². The Kier molecular flexibility index (Phi) is 7.56. The van der Waals surface area contributed by atoms with Gasteiger partial charge in [-0.05, 0) is 6.92 Å². The van der Waals surface area contributed by atoms with Gasteiger partial charge in [0, 0.05) is 0 Å². The van der Waals surface area contributed by atoms with Crippen LogP contribution in [0.5, 0.6) is 0 Å². The fraction of sp³-hybridized carbons (Fsp3) is 0.333. The van der Waals surface area contributed by atoms with Crippen LogP contribution in [-0.4, -0.2) is 18.7 Å². The fourth-order valence-electron chi connectivity index (χ4n) is 0.105. The lowest BCUT2D eigenvalue weighted by atomic mass is 10.8. The second-order valence-corrected chi connectivity index (χ2v) is 2.79. The molecule has 0 rings (SSSR count). The largest absolute Gasteiger partial charge is 0.285 e. The third-order valence-electron chi connectivity index (χ3n) is 0.266. The predicted molar refractivity (Wildman–Crippen MR) is 41.1 cm³/mol. The molecular formula is C6H10O3S. The summed E-state index contributed by atoms with van der Waals surface area (Å²) in [7, 11) is -3.91. The average molecular weight is 162 g/mol. The number of hydrogen-bond donors (Lipinski definition) is 1. The summed E-state index contributed by atoms with van der Waals surface area (Å²) in [6.45, 7) is 5.25. The summed E-state index contributed by atoms with van der Waals surface area (Å²) in [6, 6.07) is 0. The van der Waals surface area contributed by atoms with E-state index in [9.17, 15) is 8.42 Å². The Bertz CT molecular complexity index is 208. The van der Waals surface area contributed by atoms with E-state index in [2.05, 4.69) is 13.0 Å². The summed E-state index contributed by atoms with van der Waals surface area (Å²) >= 11 is 0. The lowest BCUT2D eigenvalue weighted by Gasteiger charge is -1.80. The van der Waals surface area contributed by atoms with Crippen LogP contribution in [0, 0.1) is 12.3 Å². The lowest BCUT2D eigenvalue weighted by Crippen LogP contribution is -1.99. The molecule has 0 aromatic heterocycles. The molecule has 3 nitrogen and oxygen atoms in total. The van der Waals surface area contributed by atoms with Crippen molar-refractivity contribution in [3.05, 3.63) is 12.7 Å². The van der Waals surface area contributed by atoms with Crippen LogP contribution in [0.25, 0.3) is 0 Å². The summed E-state index contributed by atoms with van der Waals surface area (Å²) in [5, 5.41) is 0. The molecule has 1 N–H and O–H groups in total. The smallest absolute Gasteiger partial charge is 0.276 e. The molecule has 0 fully saturated rings. The standard InChI is InChI=1S/C3H4O3S.C3H6/c1-2-3-7(4,5)6;1-3-2/h1H,3H2,(H,4,5,6);3H,1H2,2H3. The van der Waals surface area contributed by atoms with Crippen LogP contribution in [-0.2, 0) is 10.1 Å². The molecule has 0 spiro atoms. The highest BCUT2D eigenvalue weighted by atomic mass is 32.2. The molecule has 0 aliphatic rings. The lowest BCUT2D eigenvalue weighted by molar-refractivity contribution is 0.487. The first kappa shape index (κ1) is 11.9. The van der Waals surface area contributed by atoms with Crippen molar-refractivity contribution in [3.8, 4) is 12.3 Å². The molecule has 0 atom stereocenters. The number of terminal acetylenes is 1. The first-order valence-corrected chi connectivity index (χ1v) is 4.04. The van der Waals surface area contributed by atoms with Crippen molar-refractivity contribution in [2.45, 2.75) is 6.92 Å². The molecule has 4 heteroatoms. The molecule has 0 unspecified atom stereocenters. The van der Waals surface area contributed by atoms with E-state index in [1.807, 2.05) is 6.92 Å². The Hall–Kier alpha value is -0.790. The van der Waals surface area contributed by atoms with Gasteiger partial charge in [0.05, 0.1) is 0 Å². The third kappa shape index (κ3) is 27.0. The Morgan fingerprint density at radius 3 is 2.10 bits per heavy atom. The van der Waals surface area contributed by atoms with Crippen LogP contribution in [0.4, 0.5) is 0 Å². The summed E-state index contributed by atoms with van der Waals surface area (Å²) in [4.78, 5) is 0. The number of allylic oxidation sites excluding steroid dienone is 1. The maximum Gasteiger partial charge on any atom is 0.276 e. The second kappa shape index (κ2) is 6.33. The highest BCUT2D eigenvalue weighted by Gasteiger charge is 1.96. The normalized spacial score (nSPS) is 8.50. The van der Waals surface area contributed by atoms with Crippen LogP contribution in [0.15, 0.2) is 12.7 Å². The zero-order valence-corrected chi connectivity index (χ0v) is 6.56. The Morgan fingerprint density at radius 1 is 1.80 bits per heavy atom. The van der Waals surface area contributed by atoms with Crippen molar-refractivity contribution in [1.82, 2.24) is 0 Å². The first-order chi connectivity index (χ1) is 4.47. The van der Waals surface area contributed by atoms with E-state index in [0.29, 0.717) is 0 Å². The molecule has 10 heavy (non-hydrogen) atoms. The van der Waals surface area contributed by atoms with Crippen molar-refractivity contribution in [2.75, 3.05) is 5.75 Å². The van der Waals surface area contributed by atoms with Gasteiger partial charge in [-0.25, -0.2) is 0 Å². The topological polar surface area (TPSA) is 54.4 Å². The van der Waals surface area contributed by atoms with E-state index in [0.717, 1.165) is 0 Å². The molecular weight excluding hydrogens is 152 g/mol. The van der Waals surface area contributed by atoms with Crippen LogP contribution in [0.2, 0.25) is 0 Å². The minimum absolute atomic E-state index is 0.604. The maximum atomic E-state index is 9.64. The number of rotatable bonds is 1. The Morgan fingerprint density at radius 2 is 2.10 bits per heavy atom. The Balaban J connectivity index is 0. The van der Waals surface area contributed by atoms with Crippen LogP contribution in [0.3, 0.4) is 0 Å². The average Bonchev–Trinajstić information content (AvgIpc) is 1.63. The number of hydrogen-bond acceptors (Lipinski definition) is 2. The Labute approximate surface area is 61.5 Å². The highest BCUT2D eigenvalue weighted by molar-refractivity contribution is 7.86. The fourth-order valence-corrected chi connectivity index (χ4v) is 0.316. The quantitative estimate of drug-likeness (QED) is 0.351. The van der Waals surface area contributed by atoms with Crippen molar-refractivity contribution in [2.24, 2.45) is 0 Å². The van der Waals surface area contributed by atoms with Gasteiger partial charge in [0.15, 0.2) is 0 Å². The molecule has 0 aromatic rings. The second-order valence-electron chi connectivity index (χ2n) is 1.34. The SMILES string of the molecule is C#CCS(=O)(=O)O.C=CC. The molecule has 0 aliphatic heterocycles. The molecule has 0 radical (unpaired) electrons. The zero-order chi connectivity index (χ0) is 8.62. The minimum Gasteiger partial charge on any atom is -0.285 e. The molecule has 0 amide bonds. The third-order valence-corrected chi connectivity index (χ3v) is 0.797. The van der Waals surface area contributed by atoms with Gasteiger partial charge in [0.1, 0.15) is 5.75 Å². The maximum absolute atomic E-state index is 9.64. The van der Waals surface area contributed by atoms with Gasteiger partial charge in [-0.1, -0.05) is 12.0 Å². The predicted octanol–water partition coefficient (Wildman–Crippen LogP) is 0.700. The van der Waals surface area contributed by atoms with E-state index in [4.69, 9.17) is 4.55 Å². The van der Waals surface area contributed by atoms with Gasteiger partial charge in [-0.3, -0.25) is 4.55 Å². The van der Waals surface area contributed by atoms with Crippen molar-refractivity contribution in [1.29, 1.82) is 0 Å². The summed E-state index contributed by atoms with van der Waals surface area (Å²) in [6.07, 6.45) is 6.28. The van der Waals surface area contributed by atoms with Crippen LogP contribution < -0.4 is 0 Å². The molecule has 0 saturated carbocycles. The summed E-state index contributed by atoms with van der Waals surface area (Å²) in [5.41, 5.74) is 0. The monoisotopic (exact) mass is 162 g/mol. The minimum atomic E-state index is -3.91. The van der Waals surface area contributed by atoms with Crippen molar-refractivity contribution in [3.63, 3.8) is 0 Å². The highest BCUT2D eigenvalue weighted by Crippen LogP contribution is 1.74. The van der Waals surface area contributed by atoms with Crippen molar-refractivity contribution < 1.29 is 13.0 Å².